The maximum Gasteiger partial charge on any atom is 0.407 e. The second-order valence-corrected chi connectivity index (χ2v) is 6.53. The van der Waals surface area contributed by atoms with Crippen molar-refractivity contribution in [2.45, 2.75) is 45.0 Å². The predicted octanol–water partition coefficient (Wildman–Crippen LogP) is 2.37. The lowest BCUT2D eigenvalue weighted by molar-refractivity contribution is 0.0122. The maximum atomic E-state index is 13.4. The van der Waals surface area contributed by atoms with Gasteiger partial charge in [-0.3, -0.25) is 0 Å². The molecule has 0 aliphatic rings. The van der Waals surface area contributed by atoms with Crippen molar-refractivity contribution in [2.24, 2.45) is 0 Å². The van der Waals surface area contributed by atoms with Crippen LogP contribution < -0.4 is 11.1 Å². The molecule has 8 heteroatoms. The van der Waals surface area contributed by atoms with Crippen molar-refractivity contribution in [3.8, 4) is 0 Å². The molecule has 0 heterocycles. The molecule has 1 amide bonds. The summed E-state index contributed by atoms with van der Waals surface area (Å²) in [5.74, 6) is -0.734. The number of rotatable bonds is 5. The van der Waals surface area contributed by atoms with Crippen molar-refractivity contribution < 1.29 is 24.1 Å². The Morgan fingerprint density at radius 1 is 1.43 bits per heavy atom. The SMILES string of the molecule is CC(C)(C)OC(=O)NCCC(O)C(O)c1cc(F)c(N)cc1Cl. The Labute approximate surface area is 139 Å². The minimum atomic E-state index is -1.40. The van der Waals surface area contributed by atoms with E-state index in [-0.39, 0.29) is 29.2 Å². The van der Waals surface area contributed by atoms with Crippen molar-refractivity contribution in [1.29, 1.82) is 0 Å². The molecular formula is C15H22ClFN2O4. The molecular weight excluding hydrogens is 327 g/mol. The number of halogens is 2. The van der Waals surface area contributed by atoms with Gasteiger partial charge in [-0.2, -0.15) is 0 Å². The molecule has 1 rings (SSSR count). The number of anilines is 1. The van der Waals surface area contributed by atoms with E-state index in [1.807, 2.05) is 0 Å². The summed E-state index contributed by atoms with van der Waals surface area (Å²) < 4.78 is 18.5. The number of hydrogen-bond acceptors (Lipinski definition) is 5. The number of amides is 1. The number of nitrogens with two attached hydrogens (primary N) is 1. The Balaban J connectivity index is 2.57. The van der Waals surface area contributed by atoms with Crippen LogP contribution in [0.4, 0.5) is 14.9 Å². The summed E-state index contributed by atoms with van der Waals surface area (Å²) in [6.45, 7) is 5.25. The molecule has 6 nitrogen and oxygen atoms in total. The predicted molar refractivity (Wildman–Crippen MR) is 85.6 cm³/mol. The average Bonchev–Trinajstić information content (AvgIpc) is 2.40. The molecule has 2 unspecified atom stereocenters. The summed E-state index contributed by atoms with van der Waals surface area (Å²) in [6.07, 6.45) is -3.25. The zero-order valence-electron chi connectivity index (χ0n) is 13.3. The van der Waals surface area contributed by atoms with Crippen LogP contribution in [-0.4, -0.2) is 34.6 Å². The molecule has 1 aromatic carbocycles. The Kier molecular flexibility index (Phi) is 6.61. The van der Waals surface area contributed by atoms with E-state index in [2.05, 4.69) is 5.32 Å². The highest BCUT2D eigenvalue weighted by Crippen LogP contribution is 2.29. The van der Waals surface area contributed by atoms with Gasteiger partial charge in [-0.15, -0.1) is 0 Å². The fraction of sp³-hybridized carbons (Fsp3) is 0.533. The quantitative estimate of drug-likeness (QED) is 0.611. The Bertz CT molecular complexity index is 563. The van der Waals surface area contributed by atoms with Gasteiger partial charge in [0.1, 0.15) is 17.5 Å². The van der Waals surface area contributed by atoms with Crippen LogP contribution in [-0.2, 0) is 4.74 Å². The highest BCUT2D eigenvalue weighted by molar-refractivity contribution is 6.31. The molecule has 0 saturated carbocycles. The van der Waals surface area contributed by atoms with Crippen LogP contribution in [0.15, 0.2) is 12.1 Å². The van der Waals surface area contributed by atoms with E-state index in [9.17, 15) is 19.4 Å². The highest BCUT2D eigenvalue weighted by Gasteiger charge is 2.23. The number of nitrogens with one attached hydrogen (secondary N) is 1. The summed E-state index contributed by atoms with van der Waals surface area (Å²) in [6, 6.07) is 2.15. The Hall–Kier alpha value is -1.57. The third-order valence-electron chi connectivity index (χ3n) is 2.91. The van der Waals surface area contributed by atoms with Gasteiger partial charge in [-0.1, -0.05) is 11.6 Å². The van der Waals surface area contributed by atoms with Crippen LogP contribution in [0.25, 0.3) is 0 Å². The fourth-order valence-electron chi connectivity index (χ4n) is 1.81. The zero-order valence-corrected chi connectivity index (χ0v) is 14.0. The van der Waals surface area contributed by atoms with Gasteiger partial charge >= 0.3 is 6.09 Å². The first-order valence-corrected chi connectivity index (χ1v) is 7.46. The summed E-state index contributed by atoms with van der Waals surface area (Å²) in [4.78, 5) is 11.5. The summed E-state index contributed by atoms with van der Waals surface area (Å²) in [7, 11) is 0. The molecule has 0 saturated heterocycles. The summed E-state index contributed by atoms with van der Waals surface area (Å²) in [5, 5.41) is 22.5. The number of ether oxygens (including phenoxy) is 1. The number of aliphatic hydroxyl groups is 2. The van der Waals surface area contributed by atoms with E-state index in [4.69, 9.17) is 22.1 Å². The van der Waals surface area contributed by atoms with Gasteiger partial charge in [0, 0.05) is 17.1 Å². The van der Waals surface area contributed by atoms with E-state index in [0.717, 1.165) is 6.07 Å². The summed E-state index contributed by atoms with van der Waals surface area (Å²) >= 11 is 5.89. The number of hydrogen-bond donors (Lipinski definition) is 4. The lowest BCUT2D eigenvalue weighted by Crippen LogP contribution is -2.34. The molecule has 0 spiro atoms. The van der Waals surface area contributed by atoms with Crippen LogP contribution in [0.1, 0.15) is 38.9 Å². The molecule has 0 radical (unpaired) electrons. The van der Waals surface area contributed by atoms with Crippen LogP contribution in [0, 0.1) is 5.82 Å². The largest absolute Gasteiger partial charge is 0.444 e. The van der Waals surface area contributed by atoms with Gasteiger partial charge in [0.25, 0.3) is 0 Å². The molecule has 23 heavy (non-hydrogen) atoms. The van der Waals surface area contributed by atoms with E-state index in [1.54, 1.807) is 20.8 Å². The number of carbonyl (C=O) groups is 1. The van der Waals surface area contributed by atoms with E-state index in [0.29, 0.717) is 0 Å². The standard InChI is InChI=1S/C15H22ClFN2O4/c1-15(2,3)23-14(22)19-5-4-12(20)13(21)8-6-10(17)11(18)7-9(8)16/h6-7,12-13,20-21H,4-5,18H2,1-3H3,(H,19,22). The lowest BCUT2D eigenvalue weighted by Gasteiger charge is -2.22. The van der Waals surface area contributed by atoms with Gasteiger partial charge in [0.15, 0.2) is 0 Å². The van der Waals surface area contributed by atoms with Crippen LogP contribution in [0.3, 0.4) is 0 Å². The number of carbonyl (C=O) groups excluding carboxylic acids is 1. The minimum absolute atomic E-state index is 0.0305. The van der Waals surface area contributed by atoms with Gasteiger partial charge in [-0.05, 0) is 39.3 Å². The minimum Gasteiger partial charge on any atom is -0.444 e. The molecule has 0 fully saturated rings. The van der Waals surface area contributed by atoms with E-state index >= 15 is 0 Å². The number of benzene rings is 1. The van der Waals surface area contributed by atoms with Crippen molar-refractivity contribution in [2.75, 3.05) is 12.3 Å². The monoisotopic (exact) mass is 348 g/mol. The molecule has 0 aliphatic heterocycles. The third kappa shape index (κ3) is 6.21. The number of aliphatic hydroxyl groups excluding tert-OH is 2. The third-order valence-corrected chi connectivity index (χ3v) is 3.23. The average molecular weight is 349 g/mol. The smallest absolute Gasteiger partial charge is 0.407 e. The normalized spacial score (nSPS) is 14.2. The first-order valence-electron chi connectivity index (χ1n) is 7.08. The molecule has 0 aliphatic carbocycles. The van der Waals surface area contributed by atoms with Crippen LogP contribution in [0.2, 0.25) is 5.02 Å². The van der Waals surface area contributed by atoms with E-state index < -0.39 is 29.7 Å². The summed E-state index contributed by atoms with van der Waals surface area (Å²) in [5.41, 5.74) is 4.62. The molecule has 5 N–H and O–H groups in total. The molecule has 0 bridgehead atoms. The second kappa shape index (κ2) is 7.81. The first-order chi connectivity index (χ1) is 10.5. The first kappa shape index (κ1) is 19.5. The van der Waals surface area contributed by atoms with Crippen molar-refractivity contribution >= 4 is 23.4 Å². The van der Waals surface area contributed by atoms with Crippen molar-refractivity contribution in [1.82, 2.24) is 5.32 Å². The van der Waals surface area contributed by atoms with Gasteiger partial charge < -0.3 is 26.0 Å². The number of nitrogen functional groups attached to an aromatic ring is 1. The number of alkyl carbamates (subject to hydrolysis) is 1. The topological polar surface area (TPSA) is 105 Å². The van der Waals surface area contributed by atoms with Gasteiger partial charge in [0.2, 0.25) is 0 Å². The van der Waals surface area contributed by atoms with Gasteiger partial charge in [-0.25, -0.2) is 9.18 Å². The highest BCUT2D eigenvalue weighted by atomic mass is 35.5. The van der Waals surface area contributed by atoms with Gasteiger partial charge in [0.05, 0.1) is 11.8 Å². The van der Waals surface area contributed by atoms with Crippen LogP contribution >= 0.6 is 11.6 Å². The Morgan fingerprint density at radius 2 is 2.04 bits per heavy atom. The molecule has 2 atom stereocenters. The molecule has 0 aromatic heterocycles. The zero-order chi connectivity index (χ0) is 17.8. The van der Waals surface area contributed by atoms with Crippen molar-refractivity contribution in [3.05, 3.63) is 28.5 Å². The molecule has 130 valence electrons. The Morgan fingerprint density at radius 3 is 2.61 bits per heavy atom. The maximum absolute atomic E-state index is 13.4. The van der Waals surface area contributed by atoms with E-state index in [1.165, 1.54) is 6.07 Å². The van der Waals surface area contributed by atoms with Crippen molar-refractivity contribution in [3.63, 3.8) is 0 Å². The molecule has 1 aromatic rings. The fourth-order valence-corrected chi connectivity index (χ4v) is 2.09. The van der Waals surface area contributed by atoms with Crippen LogP contribution in [0.5, 0.6) is 0 Å². The second-order valence-electron chi connectivity index (χ2n) is 6.12. The lowest BCUT2D eigenvalue weighted by atomic mass is 10.0.